The first-order valence-electron chi connectivity index (χ1n) is 8.58. The van der Waals surface area contributed by atoms with Crippen molar-refractivity contribution in [2.75, 3.05) is 20.2 Å². The molecule has 0 saturated heterocycles. The Morgan fingerprint density at radius 2 is 2.15 bits per heavy atom. The molecule has 0 aliphatic heterocycles. The van der Waals surface area contributed by atoms with Gasteiger partial charge in [-0.05, 0) is 19.9 Å². The molecule has 9 heteroatoms. The van der Waals surface area contributed by atoms with Crippen LogP contribution in [0.1, 0.15) is 23.2 Å². The van der Waals surface area contributed by atoms with Gasteiger partial charge in [-0.3, -0.25) is 4.99 Å². The van der Waals surface area contributed by atoms with Crippen LogP contribution in [0.2, 0.25) is 0 Å². The molecule has 148 valence electrons. The first-order chi connectivity index (χ1) is 13.0. The fraction of sp³-hybridized carbons (Fsp3) is 0.444. The maximum atomic E-state index is 12.8. The number of nitrogens with zero attached hydrogens (tertiary/aromatic N) is 2. The molecule has 27 heavy (non-hydrogen) atoms. The molecule has 0 fully saturated rings. The molecule has 1 heterocycles. The molecule has 0 bridgehead atoms. The molecular formula is C18H24F2N4O2S. The maximum Gasteiger partial charge on any atom is 0.387 e. The second kappa shape index (κ2) is 10.7. The quantitative estimate of drug-likeness (QED) is 0.501. The molecule has 0 aliphatic rings. The van der Waals surface area contributed by atoms with Gasteiger partial charge in [-0.25, -0.2) is 4.98 Å². The zero-order valence-corrected chi connectivity index (χ0v) is 16.4. The molecule has 2 aromatic rings. The second-order valence-electron chi connectivity index (χ2n) is 5.52. The molecule has 0 aliphatic carbocycles. The number of aryl methyl sites for hydroxylation is 1. The molecule has 0 radical (unpaired) electrons. The summed E-state index contributed by atoms with van der Waals surface area (Å²) in [5.41, 5.74) is 1.58. The summed E-state index contributed by atoms with van der Waals surface area (Å²) >= 11 is 1.62. The number of hydrogen-bond donors (Lipinski definition) is 2. The number of para-hydroxylation sites is 1. The summed E-state index contributed by atoms with van der Waals surface area (Å²) in [5, 5.41) is 9.35. The lowest BCUT2D eigenvalue weighted by atomic mass is 10.2. The van der Waals surface area contributed by atoms with Crippen molar-refractivity contribution in [1.29, 1.82) is 0 Å². The second-order valence-corrected chi connectivity index (χ2v) is 6.58. The van der Waals surface area contributed by atoms with Gasteiger partial charge in [-0.1, -0.05) is 12.1 Å². The van der Waals surface area contributed by atoms with Gasteiger partial charge in [0.25, 0.3) is 0 Å². The number of hydrogen-bond acceptors (Lipinski definition) is 5. The van der Waals surface area contributed by atoms with Gasteiger partial charge in [0.2, 0.25) is 0 Å². The third kappa shape index (κ3) is 6.67. The van der Waals surface area contributed by atoms with E-state index in [0.717, 1.165) is 17.1 Å². The van der Waals surface area contributed by atoms with E-state index in [9.17, 15) is 8.78 Å². The van der Waals surface area contributed by atoms with Crippen molar-refractivity contribution < 1.29 is 18.3 Å². The number of rotatable bonds is 9. The van der Waals surface area contributed by atoms with E-state index in [4.69, 9.17) is 4.74 Å². The Labute approximate surface area is 161 Å². The zero-order chi connectivity index (χ0) is 19.6. The van der Waals surface area contributed by atoms with Crippen molar-refractivity contribution in [3.05, 3.63) is 39.8 Å². The SMILES string of the molecule is CCOc1cccc(CNC(=NC)NCCc2csc(C)n2)c1OC(F)F. The Morgan fingerprint density at radius 1 is 1.33 bits per heavy atom. The van der Waals surface area contributed by atoms with E-state index in [0.29, 0.717) is 30.4 Å². The minimum Gasteiger partial charge on any atom is -0.490 e. The Morgan fingerprint density at radius 3 is 2.78 bits per heavy atom. The van der Waals surface area contributed by atoms with E-state index in [1.165, 1.54) is 0 Å². The Hall–Kier alpha value is -2.42. The molecule has 6 nitrogen and oxygen atoms in total. The number of alkyl halides is 2. The summed E-state index contributed by atoms with van der Waals surface area (Å²) in [7, 11) is 1.65. The van der Waals surface area contributed by atoms with Gasteiger partial charge in [-0.2, -0.15) is 8.78 Å². The maximum absolute atomic E-state index is 12.8. The summed E-state index contributed by atoms with van der Waals surface area (Å²) in [5.74, 6) is 0.890. The average molecular weight is 398 g/mol. The molecular weight excluding hydrogens is 374 g/mol. The lowest BCUT2D eigenvalue weighted by Gasteiger charge is -2.17. The van der Waals surface area contributed by atoms with Crippen molar-refractivity contribution in [3.63, 3.8) is 0 Å². The minimum atomic E-state index is -2.93. The van der Waals surface area contributed by atoms with Gasteiger partial charge >= 0.3 is 6.61 Å². The number of thiazole rings is 1. The lowest BCUT2D eigenvalue weighted by molar-refractivity contribution is -0.0520. The van der Waals surface area contributed by atoms with Gasteiger partial charge in [0.1, 0.15) is 0 Å². The third-order valence-corrected chi connectivity index (χ3v) is 4.40. The summed E-state index contributed by atoms with van der Waals surface area (Å²) in [6.07, 6.45) is 0.768. The summed E-state index contributed by atoms with van der Waals surface area (Å²) in [4.78, 5) is 8.56. The highest BCUT2D eigenvalue weighted by Gasteiger charge is 2.16. The van der Waals surface area contributed by atoms with Crippen LogP contribution in [-0.2, 0) is 13.0 Å². The normalized spacial score (nSPS) is 11.6. The molecule has 0 unspecified atom stereocenters. The third-order valence-electron chi connectivity index (χ3n) is 3.58. The van der Waals surface area contributed by atoms with Crippen LogP contribution in [0.3, 0.4) is 0 Å². The zero-order valence-electron chi connectivity index (χ0n) is 15.6. The highest BCUT2D eigenvalue weighted by Crippen LogP contribution is 2.32. The largest absolute Gasteiger partial charge is 0.490 e. The van der Waals surface area contributed by atoms with E-state index >= 15 is 0 Å². The summed E-state index contributed by atoms with van der Waals surface area (Å²) < 4.78 is 35.6. The number of nitrogens with one attached hydrogen (secondary N) is 2. The van der Waals surface area contributed by atoms with Crippen LogP contribution in [0.15, 0.2) is 28.6 Å². The van der Waals surface area contributed by atoms with Crippen molar-refractivity contribution in [1.82, 2.24) is 15.6 Å². The highest BCUT2D eigenvalue weighted by atomic mass is 32.1. The van der Waals surface area contributed by atoms with E-state index in [2.05, 4.69) is 25.3 Å². The number of ether oxygens (including phenoxy) is 2. The van der Waals surface area contributed by atoms with Crippen LogP contribution in [-0.4, -0.2) is 37.8 Å². The number of aliphatic imine (C=N–C) groups is 1. The lowest BCUT2D eigenvalue weighted by Crippen LogP contribution is -2.38. The standard InChI is InChI=1S/C18H24F2N4O2S/c1-4-25-15-7-5-6-13(16(15)26-17(19)20)10-23-18(21-3)22-9-8-14-11-27-12(2)24-14/h5-7,11,17H,4,8-10H2,1-3H3,(H2,21,22,23). The van der Waals surface area contributed by atoms with Crippen LogP contribution in [0, 0.1) is 6.92 Å². The first kappa shape index (κ1) is 20.9. The number of aromatic nitrogens is 1. The molecule has 0 spiro atoms. The van der Waals surface area contributed by atoms with Crippen LogP contribution in [0.5, 0.6) is 11.5 Å². The molecule has 0 atom stereocenters. The van der Waals surface area contributed by atoms with E-state index in [-0.39, 0.29) is 12.3 Å². The average Bonchev–Trinajstić information content (AvgIpc) is 3.05. The van der Waals surface area contributed by atoms with Crippen LogP contribution >= 0.6 is 11.3 Å². The van der Waals surface area contributed by atoms with Gasteiger partial charge in [-0.15, -0.1) is 11.3 Å². The molecule has 2 N–H and O–H groups in total. The first-order valence-corrected chi connectivity index (χ1v) is 9.46. The number of halogens is 2. The number of benzene rings is 1. The van der Waals surface area contributed by atoms with E-state index in [1.54, 1.807) is 43.5 Å². The topological polar surface area (TPSA) is 67.8 Å². The number of guanidine groups is 1. The van der Waals surface area contributed by atoms with Crippen LogP contribution in [0.25, 0.3) is 0 Å². The Kier molecular flexibility index (Phi) is 8.25. The predicted molar refractivity (Wildman–Crippen MR) is 103 cm³/mol. The van der Waals surface area contributed by atoms with Gasteiger partial charge in [0, 0.05) is 37.5 Å². The smallest absolute Gasteiger partial charge is 0.387 e. The summed E-state index contributed by atoms with van der Waals surface area (Å²) in [6.45, 7) is 2.10. The Bertz CT molecular complexity index is 753. The molecule has 1 aromatic heterocycles. The molecule has 1 aromatic carbocycles. The van der Waals surface area contributed by atoms with Crippen molar-refractivity contribution >= 4 is 17.3 Å². The van der Waals surface area contributed by atoms with Crippen molar-refractivity contribution in [3.8, 4) is 11.5 Å². The molecule has 2 rings (SSSR count). The molecule has 0 saturated carbocycles. The van der Waals surface area contributed by atoms with Gasteiger partial charge in [0.15, 0.2) is 17.5 Å². The van der Waals surface area contributed by atoms with E-state index < -0.39 is 6.61 Å². The fourth-order valence-corrected chi connectivity index (χ4v) is 3.07. The Balaban J connectivity index is 1.95. The van der Waals surface area contributed by atoms with Crippen LogP contribution < -0.4 is 20.1 Å². The van der Waals surface area contributed by atoms with Crippen LogP contribution in [0.4, 0.5) is 8.78 Å². The monoisotopic (exact) mass is 398 g/mol. The predicted octanol–water partition coefficient (Wildman–Crippen LogP) is 3.36. The fourth-order valence-electron chi connectivity index (χ4n) is 2.42. The van der Waals surface area contributed by atoms with Crippen molar-refractivity contribution in [2.45, 2.75) is 33.4 Å². The van der Waals surface area contributed by atoms with Gasteiger partial charge < -0.3 is 20.1 Å². The van der Waals surface area contributed by atoms with E-state index in [1.807, 2.05) is 12.3 Å². The van der Waals surface area contributed by atoms with Gasteiger partial charge in [0.05, 0.1) is 17.3 Å². The molecule has 0 amide bonds. The highest BCUT2D eigenvalue weighted by molar-refractivity contribution is 7.09. The minimum absolute atomic E-state index is 0.0373. The van der Waals surface area contributed by atoms with Crippen molar-refractivity contribution in [2.24, 2.45) is 4.99 Å². The summed E-state index contributed by atoms with van der Waals surface area (Å²) in [6, 6.07) is 5.05.